The molecule has 3 aromatic carbocycles. The Morgan fingerprint density at radius 1 is 0.821 bits per heavy atom. The van der Waals surface area contributed by atoms with Crippen LogP contribution in [-0.4, -0.2) is 12.2 Å². The predicted molar refractivity (Wildman–Crippen MR) is 109 cm³/mol. The first-order valence-electron chi connectivity index (χ1n) is 9.19. The Morgan fingerprint density at radius 3 is 1.93 bits per heavy atom. The van der Waals surface area contributed by atoms with Crippen molar-refractivity contribution in [3.05, 3.63) is 78.9 Å². The summed E-state index contributed by atoms with van der Waals surface area (Å²) in [4.78, 5) is 0. The summed E-state index contributed by atoms with van der Waals surface area (Å²) in [6, 6.07) is 26.2. The maximum absolute atomic E-state index is 14.4. The summed E-state index contributed by atoms with van der Waals surface area (Å²) in [6.07, 6.45) is 0.878. The molecule has 0 unspecified atom stereocenters. The van der Waals surface area contributed by atoms with Gasteiger partial charge < -0.3 is 14.0 Å². The fraction of sp³-hybridized carbons (Fsp3) is 0.217. The predicted octanol–water partition coefficient (Wildman–Crippen LogP) is 1.07. The van der Waals surface area contributed by atoms with E-state index in [2.05, 4.69) is 6.07 Å². The molecular formula is C23H22LiO3P. The van der Waals surface area contributed by atoms with Gasteiger partial charge in [-0.2, -0.15) is 6.07 Å². The second-order valence-electron chi connectivity index (χ2n) is 6.91. The molecule has 0 amide bonds. The minimum atomic E-state index is -3.06. The van der Waals surface area contributed by atoms with E-state index in [0.29, 0.717) is 16.8 Å². The van der Waals surface area contributed by atoms with Crippen molar-refractivity contribution in [1.82, 2.24) is 0 Å². The van der Waals surface area contributed by atoms with Crippen LogP contribution in [0, 0.1) is 6.07 Å². The average molecular weight is 384 g/mol. The summed E-state index contributed by atoms with van der Waals surface area (Å²) < 4.78 is 26.4. The van der Waals surface area contributed by atoms with Crippen molar-refractivity contribution in [3.8, 4) is 11.5 Å². The third kappa shape index (κ3) is 3.94. The monoisotopic (exact) mass is 384 g/mol. The van der Waals surface area contributed by atoms with Gasteiger partial charge in [-0.1, -0.05) is 66.0 Å². The van der Waals surface area contributed by atoms with Gasteiger partial charge >= 0.3 is 18.9 Å². The molecule has 0 N–H and O–H groups in total. The molecule has 5 heteroatoms. The van der Waals surface area contributed by atoms with Crippen LogP contribution in [0.25, 0.3) is 0 Å². The van der Waals surface area contributed by atoms with Gasteiger partial charge in [-0.05, 0) is 13.8 Å². The van der Waals surface area contributed by atoms with Gasteiger partial charge in [0.05, 0.1) is 12.2 Å². The Labute approximate surface area is 178 Å². The number of fused-ring (bicyclic) bond motifs is 1. The van der Waals surface area contributed by atoms with Crippen LogP contribution in [0.1, 0.15) is 20.3 Å². The van der Waals surface area contributed by atoms with E-state index in [1.165, 1.54) is 0 Å². The van der Waals surface area contributed by atoms with Crippen LogP contribution in [0.15, 0.2) is 72.8 Å². The van der Waals surface area contributed by atoms with Crippen LogP contribution in [-0.2, 0) is 4.57 Å². The van der Waals surface area contributed by atoms with Crippen LogP contribution in [0.3, 0.4) is 0 Å². The summed E-state index contributed by atoms with van der Waals surface area (Å²) >= 11 is 0. The molecule has 0 bridgehead atoms. The zero-order chi connectivity index (χ0) is 18.9. The normalized spacial score (nSPS) is 18.6. The smallest absolute Gasteiger partial charge is 0.545 e. The Bertz CT molecular complexity index is 932. The van der Waals surface area contributed by atoms with E-state index in [0.717, 1.165) is 17.0 Å². The molecule has 3 nitrogen and oxygen atoms in total. The maximum Gasteiger partial charge on any atom is 1.00 e. The molecular weight excluding hydrogens is 362 g/mol. The van der Waals surface area contributed by atoms with Gasteiger partial charge in [0, 0.05) is 28.5 Å². The number of ether oxygens (including phenoxy) is 2. The minimum absolute atomic E-state index is 0. The van der Waals surface area contributed by atoms with Gasteiger partial charge in [-0.3, -0.25) is 0 Å². The van der Waals surface area contributed by atoms with E-state index in [4.69, 9.17) is 9.47 Å². The molecule has 0 saturated carbocycles. The molecule has 0 aromatic heterocycles. The molecule has 2 atom stereocenters. The second-order valence-corrected chi connectivity index (χ2v) is 9.64. The standard InChI is InChI=1S/C23H22O3P.Li/c1-17-15-18(2)26-23-16-21(13-14-22(23)25-17)27(24,19-9-5-3-6-10-19)20-11-7-4-8-12-20;/h3-14,17-18H,15H2,1-2H3;/q-1;+1/t17-,18-;/m0./s1. The number of hydrogen-bond acceptors (Lipinski definition) is 3. The number of hydrogen-bond donors (Lipinski definition) is 0. The van der Waals surface area contributed by atoms with Crippen molar-refractivity contribution in [2.24, 2.45) is 0 Å². The molecule has 0 saturated heterocycles. The molecule has 138 valence electrons. The molecule has 1 aliphatic rings. The SMILES string of the molecule is C[C@H]1C[C@H](C)Oc2ccc(P(=O)(c3ccccc3)c3ccccc3)[c-]c2O1.[Li+]. The van der Waals surface area contributed by atoms with Crippen LogP contribution >= 0.6 is 7.14 Å². The molecule has 0 radical (unpaired) electrons. The Balaban J connectivity index is 0.00000225. The summed E-state index contributed by atoms with van der Waals surface area (Å²) in [5, 5.41) is 2.19. The van der Waals surface area contributed by atoms with Gasteiger partial charge in [-0.15, -0.1) is 12.1 Å². The van der Waals surface area contributed by atoms with Crippen molar-refractivity contribution in [1.29, 1.82) is 0 Å². The van der Waals surface area contributed by atoms with Gasteiger partial charge in [0.15, 0.2) is 0 Å². The Morgan fingerprint density at radius 2 is 1.36 bits per heavy atom. The van der Waals surface area contributed by atoms with Crippen LogP contribution in [0.2, 0.25) is 0 Å². The van der Waals surface area contributed by atoms with E-state index in [-0.39, 0.29) is 31.1 Å². The van der Waals surface area contributed by atoms with Crippen LogP contribution < -0.4 is 44.2 Å². The summed E-state index contributed by atoms with van der Waals surface area (Å²) in [7, 11) is -3.06. The third-order valence-electron chi connectivity index (χ3n) is 4.75. The largest absolute Gasteiger partial charge is 1.00 e. The average Bonchev–Trinajstić information content (AvgIpc) is 2.84. The van der Waals surface area contributed by atoms with Crippen molar-refractivity contribution in [2.75, 3.05) is 0 Å². The zero-order valence-electron chi connectivity index (χ0n) is 16.5. The topological polar surface area (TPSA) is 35.5 Å². The van der Waals surface area contributed by atoms with E-state index in [9.17, 15) is 4.57 Å². The molecule has 0 spiro atoms. The first-order chi connectivity index (χ1) is 13.1. The van der Waals surface area contributed by atoms with Gasteiger partial charge in [-0.25, -0.2) is 0 Å². The summed E-state index contributed by atoms with van der Waals surface area (Å²) in [5.41, 5.74) is 0. The number of benzene rings is 3. The molecule has 3 aromatic rings. The minimum Gasteiger partial charge on any atom is -0.545 e. The molecule has 0 aliphatic carbocycles. The van der Waals surface area contributed by atoms with E-state index >= 15 is 0 Å². The van der Waals surface area contributed by atoms with Crippen molar-refractivity contribution >= 4 is 23.1 Å². The molecule has 28 heavy (non-hydrogen) atoms. The summed E-state index contributed by atoms with van der Waals surface area (Å²) in [6.45, 7) is 4.05. The molecule has 4 rings (SSSR count). The van der Waals surface area contributed by atoms with Crippen molar-refractivity contribution in [3.63, 3.8) is 0 Å². The van der Waals surface area contributed by atoms with Gasteiger partial charge in [0.1, 0.15) is 7.14 Å². The Kier molecular flexibility index (Phi) is 6.41. The van der Waals surface area contributed by atoms with Gasteiger partial charge in [0.2, 0.25) is 0 Å². The van der Waals surface area contributed by atoms with Crippen LogP contribution in [0.4, 0.5) is 0 Å². The Hall–Kier alpha value is -1.91. The summed E-state index contributed by atoms with van der Waals surface area (Å²) in [5.74, 6) is 1.19. The third-order valence-corrected chi connectivity index (χ3v) is 7.74. The maximum atomic E-state index is 14.4. The quantitative estimate of drug-likeness (QED) is 0.385. The zero-order valence-corrected chi connectivity index (χ0v) is 17.4. The van der Waals surface area contributed by atoms with E-state index in [1.54, 1.807) is 0 Å². The fourth-order valence-corrected chi connectivity index (χ4v) is 6.08. The van der Waals surface area contributed by atoms with Crippen molar-refractivity contribution in [2.45, 2.75) is 32.5 Å². The molecule has 1 aliphatic heterocycles. The molecule has 1 heterocycles. The first-order valence-corrected chi connectivity index (χ1v) is 10.9. The molecule has 0 fully saturated rings. The fourth-order valence-electron chi connectivity index (χ4n) is 3.50. The van der Waals surface area contributed by atoms with Crippen molar-refractivity contribution < 1.29 is 32.9 Å². The first kappa shape index (κ1) is 20.8. The second kappa shape index (κ2) is 8.62. The van der Waals surface area contributed by atoms with E-state index in [1.807, 2.05) is 86.6 Å². The van der Waals surface area contributed by atoms with Gasteiger partial charge in [0.25, 0.3) is 0 Å². The van der Waals surface area contributed by atoms with E-state index < -0.39 is 7.14 Å². The van der Waals surface area contributed by atoms with Crippen LogP contribution in [0.5, 0.6) is 11.5 Å². The number of rotatable bonds is 3.